The van der Waals surface area contributed by atoms with Gasteiger partial charge in [0.15, 0.2) is 0 Å². The highest BCUT2D eigenvalue weighted by Crippen LogP contribution is 2.35. The van der Waals surface area contributed by atoms with Gasteiger partial charge in [0, 0.05) is 56.8 Å². The largest absolute Gasteiger partial charge is 0.337 e. The lowest BCUT2D eigenvalue weighted by atomic mass is 10.0. The Balaban J connectivity index is 1.49. The number of likely N-dealkylation sites (tertiary alicyclic amines) is 1. The van der Waals surface area contributed by atoms with Gasteiger partial charge in [0.2, 0.25) is 5.91 Å². The van der Waals surface area contributed by atoms with Crippen molar-refractivity contribution >= 4 is 17.5 Å². The molecule has 2 aliphatic rings. The molecular formula is C16H17N5O2. The zero-order chi connectivity index (χ0) is 16.0. The number of anilines is 1. The second-order valence-corrected chi connectivity index (χ2v) is 6.13. The zero-order valence-corrected chi connectivity index (χ0v) is 12.8. The molecule has 7 heteroatoms. The topological polar surface area (TPSA) is 71.3 Å². The predicted molar refractivity (Wildman–Crippen MR) is 82.7 cm³/mol. The van der Waals surface area contributed by atoms with Gasteiger partial charge < -0.3 is 9.80 Å². The number of amides is 2. The van der Waals surface area contributed by atoms with E-state index in [2.05, 4.69) is 10.1 Å². The standard InChI is InChI=1S/C16H17N5O2/c1-19-9-13(6-18-19)21-8-12-7-20(10-14(12)16(21)23)15(22)11-2-4-17-5-3-11/h2-6,9,12,14H,7-8,10H2,1H3/t12-,14-/m0/s1. The molecule has 4 rings (SSSR count). The van der Waals surface area contributed by atoms with Crippen molar-refractivity contribution in [3.8, 4) is 0 Å². The molecule has 7 nitrogen and oxygen atoms in total. The molecule has 4 heterocycles. The van der Waals surface area contributed by atoms with Crippen LogP contribution in [0.4, 0.5) is 5.69 Å². The second-order valence-electron chi connectivity index (χ2n) is 6.13. The molecule has 0 spiro atoms. The number of hydrogen-bond acceptors (Lipinski definition) is 4. The summed E-state index contributed by atoms with van der Waals surface area (Å²) in [4.78, 5) is 32.6. The first kappa shape index (κ1) is 13.9. The number of fused-ring (bicyclic) bond motifs is 1. The molecule has 2 amide bonds. The highest BCUT2D eigenvalue weighted by molar-refractivity contribution is 6.00. The first-order chi connectivity index (χ1) is 11.1. The van der Waals surface area contributed by atoms with E-state index in [1.807, 2.05) is 13.2 Å². The van der Waals surface area contributed by atoms with Crippen LogP contribution in [-0.2, 0) is 11.8 Å². The summed E-state index contributed by atoms with van der Waals surface area (Å²) in [5, 5.41) is 4.12. The van der Waals surface area contributed by atoms with Gasteiger partial charge in [-0.15, -0.1) is 0 Å². The third-order valence-corrected chi connectivity index (χ3v) is 4.66. The van der Waals surface area contributed by atoms with E-state index in [9.17, 15) is 9.59 Å². The Labute approximate surface area is 133 Å². The van der Waals surface area contributed by atoms with Crippen molar-refractivity contribution in [2.24, 2.45) is 18.9 Å². The van der Waals surface area contributed by atoms with Crippen LogP contribution in [0.15, 0.2) is 36.9 Å². The van der Waals surface area contributed by atoms with Crippen LogP contribution in [0.3, 0.4) is 0 Å². The number of hydrogen-bond donors (Lipinski definition) is 0. The maximum Gasteiger partial charge on any atom is 0.253 e. The van der Waals surface area contributed by atoms with Crippen LogP contribution in [-0.4, -0.2) is 51.1 Å². The molecule has 118 valence electrons. The highest BCUT2D eigenvalue weighted by atomic mass is 16.2. The molecule has 23 heavy (non-hydrogen) atoms. The summed E-state index contributed by atoms with van der Waals surface area (Å²) in [5.41, 5.74) is 1.45. The minimum Gasteiger partial charge on any atom is -0.337 e. The molecule has 2 aromatic rings. The third kappa shape index (κ3) is 2.28. The lowest BCUT2D eigenvalue weighted by Crippen LogP contribution is -2.35. The van der Waals surface area contributed by atoms with Crippen molar-refractivity contribution in [2.45, 2.75) is 0 Å². The van der Waals surface area contributed by atoms with E-state index in [-0.39, 0.29) is 23.7 Å². The summed E-state index contributed by atoms with van der Waals surface area (Å²) in [6.45, 7) is 1.76. The first-order valence-electron chi connectivity index (χ1n) is 7.63. The van der Waals surface area contributed by atoms with Crippen molar-refractivity contribution in [3.63, 3.8) is 0 Å². The SMILES string of the molecule is Cn1cc(N2C[C@@H]3CN(C(=O)c4ccncc4)C[C@@H]3C2=O)cn1. The summed E-state index contributed by atoms with van der Waals surface area (Å²) in [6.07, 6.45) is 6.77. The van der Waals surface area contributed by atoms with Gasteiger partial charge in [-0.2, -0.15) is 5.10 Å². The van der Waals surface area contributed by atoms with Gasteiger partial charge in [0.25, 0.3) is 5.91 Å². The van der Waals surface area contributed by atoms with Gasteiger partial charge in [-0.3, -0.25) is 19.3 Å². The third-order valence-electron chi connectivity index (χ3n) is 4.66. The Morgan fingerprint density at radius 1 is 1.22 bits per heavy atom. The van der Waals surface area contributed by atoms with E-state index in [0.717, 1.165) is 5.69 Å². The molecule has 2 atom stereocenters. The average molecular weight is 311 g/mol. The van der Waals surface area contributed by atoms with Gasteiger partial charge in [0.1, 0.15) is 0 Å². The summed E-state index contributed by atoms with van der Waals surface area (Å²) in [7, 11) is 1.83. The molecule has 2 saturated heterocycles. The number of nitrogens with zero attached hydrogens (tertiary/aromatic N) is 5. The zero-order valence-electron chi connectivity index (χ0n) is 12.8. The number of pyridine rings is 1. The summed E-state index contributed by atoms with van der Waals surface area (Å²) >= 11 is 0. The summed E-state index contributed by atoms with van der Waals surface area (Å²) in [6, 6.07) is 3.42. The summed E-state index contributed by atoms with van der Waals surface area (Å²) in [5.74, 6) is 0.144. The first-order valence-corrected chi connectivity index (χ1v) is 7.63. The molecule has 0 unspecified atom stereocenters. The molecule has 0 bridgehead atoms. The molecule has 0 radical (unpaired) electrons. The average Bonchev–Trinajstić information content (AvgIpc) is 3.24. The van der Waals surface area contributed by atoms with E-state index in [1.54, 1.807) is 45.2 Å². The van der Waals surface area contributed by atoms with E-state index < -0.39 is 0 Å². The van der Waals surface area contributed by atoms with Crippen LogP contribution in [0, 0.1) is 11.8 Å². The molecule has 0 aliphatic carbocycles. The van der Waals surface area contributed by atoms with Crippen LogP contribution in [0.2, 0.25) is 0 Å². The molecule has 0 aromatic carbocycles. The minimum absolute atomic E-state index is 0.0254. The van der Waals surface area contributed by atoms with Gasteiger partial charge in [0.05, 0.1) is 17.8 Å². The molecule has 2 fully saturated rings. The lowest BCUT2D eigenvalue weighted by Gasteiger charge is -2.21. The van der Waals surface area contributed by atoms with Crippen LogP contribution >= 0.6 is 0 Å². The van der Waals surface area contributed by atoms with Crippen molar-refractivity contribution in [1.29, 1.82) is 0 Å². The fraction of sp³-hybridized carbons (Fsp3) is 0.375. The maximum absolute atomic E-state index is 12.6. The number of carbonyl (C=O) groups is 2. The molecule has 2 aliphatic heterocycles. The molecule has 2 aromatic heterocycles. The van der Waals surface area contributed by atoms with Crippen molar-refractivity contribution in [2.75, 3.05) is 24.5 Å². The monoisotopic (exact) mass is 311 g/mol. The molecular weight excluding hydrogens is 294 g/mol. The number of carbonyl (C=O) groups excluding carboxylic acids is 2. The number of aromatic nitrogens is 3. The molecule has 0 saturated carbocycles. The van der Waals surface area contributed by atoms with Crippen LogP contribution in [0.5, 0.6) is 0 Å². The van der Waals surface area contributed by atoms with E-state index in [1.165, 1.54) is 0 Å². The smallest absolute Gasteiger partial charge is 0.253 e. The number of aryl methyl sites for hydroxylation is 1. The van der Waals surface area contributed by atoms with Crippen molar-refractivity contribution in [1.82, 2.24) is 19.7 Å². The quantitative estimate of drug-likeness (QED) is 0.812. The van der Waals surface area contributed by atoms with Gasteiger partial charge in [-0.25, -0.2) is 0 Å². The Kier molecular flexibility index (Phi) is 3.14. The Morgan fingerprint density at radius 3 is 2.65 bits per heavy atom. The van der Waals surface area contributed by atoms with Crippen LogP contribution in [0.25, 0.3) is 0 Å². The Bertz CT molecular complexity index is 757. The number of rotatable bonds is 2. The van der Waals surface area contributed by atoms with Crippen molar-refractivity contribution in [3.05, 3.63) is 42.5 Å². The van der Waals surface area contributed by atoms with Gasteiger partial charge in [-0.1, -0.05) is 0 Å². The Hall–Kier alpha value is -2.70. The fourth-order valence-corrected chi connectivity index (χ4v) is 3.48. The van der Waals surface area contributed by atoms with E-state index >= 15 is 0 Å². The minimum atomic E-state index is -0.110. The Morgan fingerprint density at radius 2 is 2.00 bits per heavy atom. The highest BCUT2D eigenvalue weighted by Gasteiger charge is 2.48. The fourth-order valence-electron chi connectivity index (χ4n) is 3.48. The van der Waals surface area contributed by atoms with Gasteiger partial charge >= 0.3 is 0 Å². The van der Waals surface area contributed by atoms with Crippen LogP contribution in [0.1, 0.15) is 10.4 Å². The molecule has 0 N–H and O–H groups in total. The lowest BCUT2D eigenvalue weighted by molar-refractivity contribution is -0.120. The van der Waals surface area contributed by atoms with Crippen LogP contribution < -0.4 is 4.90 Å². The van der Waals surface area contributed by atoms with Crippen molar-refractivity contribution < 1.29 is 9.59 Å². The predicted octanol–water partition coefficient (Wildman–Crippen LogP) is 0.550. The summed E-state index contributed by atoms with van der Waals surface area (Å²) < 4.78 is 1.69. The van der Waals surface area contributed by atoms with E-state index in [0.29, 0.717) is 25.2 Å². The van der Waals surface area contributed by atoms with E-state index in [4.69, 9.17) is 0 Å². The normalized spacial score (nSPS) is 23.4. The second kappa shape index (κ2) is 5.19. The van der Waals surface area contributed by atoms with Gasteiger partial charge in [-0.05, 0) is 12.1 Å². The maximum atomic E-state index is 12.6.